The van der Waals surface area contributed by atoms with Crippen molar-refractivity contribution in [3.8, 4) is 0 Å². The summed E-state index contributed by atoms with van der Waals surface area (Å²) in [6.07, 6.45) is 5.78. The lowest BCUT2D eigenvalue weighted by molar-refractivity contribution is 0.00524. The van der Waals surface area contributed by atoms with Gasteiger partial charge in [0, 0.05) is 18.7 Å². The summed E-state index contributed by atoms with van der Waals surface area (Å²) in [6.45, 7) is 2.12. The van der Waals surface area contributed by atoms with Crippen LogP contribution >= 0.6 is 0 Å². The van der Waals surface area contributed by atoms with Crippen LogP contribution in [-0.4, -0.2) is 29.7 Å². The number of carbonyl (C=O) groups excluding carboxylic acids is 1. The van der Waals surface area contributed by atoms with E-state index >= 15 is 0 Å². The largest absolute Gasteiger partial charge is 0.388 e. The van der Waals surface area contributed by atoms with Gasteiger partial charge in [0.2, 0.25) is 0 Å². The fourth-order valence-corrected chi connectivity index (χ4v) is 3.47. The van der Waals surface area contributed by atoms with Gasteiger partial charge in [0.05, 0.1) is 5.60 Å². The third kappa shape index (κ3) is 3.27. The van der Waals surface area contributed by atoms with Crippen LogP contribution in [0.25, 0.3) is 0 Å². The van der Waals surface area contributed by atoms with Crippen LogP contribution in [0.5, 0.6) is 0 Å². The molecule has 0 spiro atoms. The molecule has 0 bridgehead atoms. The SMILES string of the molecule is O=C(NCC1(O)CCCCC1)c1cccc2c1CCNC2. The Kier molecular flexibility index (Phi) is 4.27. The second kappa shape index (κ2) is 6.16. The van der Waals surface area contributed by atoms with Gasteiger partial charge in [0.25, 0.3) is 5.91 Å². The number of carbonyl (C=O) groups is 1. The summed E-state index contributed by atoms with van der Waals surface area (Å²) in [4.78, 5) is 12.5. The van der Waals surface area contributed by atoms with Gasteiger partial charge in [0.1, 0.15) is 0 Å². The van der Waals surface area contributed by atoms with Gasteiger partial charge in [-0.15, -0.1) is 0 Å². The molecule has 3 N–H and O–H groups in total. The molecule has 1 aromatic carbocycles. The van der Waals surface area contributed by atoms with Crippen LogP contribution in [0.15, 0.2) is 18.2 Å². The van der Waals surface area contributed by atoms with Gasteiger partial charge in [-0.05, 0) is 43.0 Å². The Labute approximate surface area is 125 Å². The average Bonchev–Trinajstić information content (AvgIpc) is 2.53. The molecule has 0 atom stereocenters. The molecule has 1 aromatic rings. The van der Waals surface area contributed by atoms with Gasteiger partial charge in [-0.1, -0.05) is 31.4 Å². The highest BCUT2D eigenvalue weighted by Crippen LogP contribution is 2.27. The third-order valence-corrected chi connectivity index (χ3v) is 4.75. The molecule has 1 saturated carbocycles. The standard InChI is InChI=1S/C17H24N2O2/c20-16(19-12-17(21)8-2-1-3-9-17)15-6-4-5-13-11-18-10-7-14(13)15/h4-6,18,21H,1-3,7-12H2,(H,19,20). The summed E-state index contributed by atoms with van der Waals surface area (Å²) in [5.74, 6) is -0.0484. The second-order valence-electron chi connectivity index (χ2n) is 6.34. The van der Waals surface area contributed by atoms with E-state index in [9.17, 15) is 9.90 Å². The van der Waals surface area contributed by atoms with E-state index < -0.39 is 5.60 Å². The topological polar surface area (TPSA) is 61.4 Å². The number of aliphatic hydroxyl groups is 1. The van der Waals surface area contributed by atoms with E-state index in [1.807, 2.05) is 12.1 Å². The normalized spacial score (nSPS) is 20.6. The van der Waals surface area contributed by atoms with Crippen LogP contribution in [0.2, 0.25) is 0 Å². The monoisotopic (exact) mass is 288 g/mol. The number of hydrogen-bond donors (Lipinski definition) is 3. The van der Waals surface area contributed by atoms with Crippen LogP contribution in [0, 0.1) is 0 Å². The first-order valence-electron chi connectivity index (χ1n) is 8.00. The van der Waals surface area contributed by atoms with Gasteiger partial charge < -0.3 is 15.7 Å². The number of fused-ring (bicyclic) bond motifs is 1. The zero-order valence-electron chi connectivity index (χ0n) is 12.5. The molecule has 1 amide bonds. The minimum atomic E-state index is -0.704. The number of rotatable bonds is 3. The van der Waals surface area contributed by atoms with Crippen LogP contribution in [0.1, 0.15) is 53.6 Å². The maximum Gasteiger partial charge on any atom is 0.251 e. The molecule has 21 heavy (non-hydrogen) atoms. The highest BCUT2D eigenvalue weighted by molar-refractivity contribution is 5.96. The smallest absolute Gasteiger partial charge is 0.251 e. The third-order valence-electron chi connectivity index (χ3n) is 4.75. The zero-order valence-corrected chi connectivity index (χ0v) is 12.5. The molecule has 3 rings (SSSR count). The van der Waals surface area contributed by atoms with E-state index in [0.717, 1.165) is 56.3 Å². The maximum absolute atomic E-state index is 12.5. The molecule has 0 saturated heterocycles. The van der Waals surface area contributed by atoms with Crippen molar-refractivity contribution < 1.29 is 9.90 Å². The molecule has 1 fully saturated rings. The van der Waals surface area contributed by atoms with E-state index in [1.54, 1.807) is 0 Å². The molecule has 1 heterocycles. The highest BCUT2D eigenvalue weighted by Gasteiger charge is 2.30. The molecule has 0 aromatic heterocycles. The summed E-state index contributed by atoms with van der Waals surface area (Å²) in [6, 6.07) is 5.91. The minimum absolute atomic E-state index is 0.0484. The van der Waals surface area contributed by atoms with Crippen molar-refractivity contribution in [3.63, 3.8) is 0 Å². The van der Waals surface area contributed by atoms with E-state index in [2.05, 4.69) is 16.7 Å². The first-order valence-corrected chi connectivity index (χ1v) is 8.00. The summed E-state index contributed by atoms with van der Waals surface area (Å²) < 4.78 is 0. The summed E-state index contributed by atoms with van der Waals surface area (Å²) in [7, 11) is 0. The maximum atomic E-state index is 12.5. The van der Waals surface area contributed by atoms with Crippen molar-refractivity contribution in [3.05, 3.63) is 34.9 Å². The molecular weight excluding hydrogens is 264 g/mol. The Morgan fingerprint density at radius 3 is 2.90 bits per heavy atom. The van der Waals surface area contributed by atoms with E-state index in [4.69, 9.17) is 0 Å². The molecule has 114 valence electrons. The van der Waals surface area contributed by atoms with Crippen molar-refractivity contribution in [1.29, 1.82) is 0 Å². The van der Waals surface area contributed by atoms with Gasteiger partial charge >= 0.3 is 0 Å². The predicted molar refractivity (Wildman–Crippen MR) is 82.2 cm³/mol. The zero-order chi connectivity index (χ0) is 14.7. The van der Waals surface area contributed by atoms with Crippen LogP contribution in [0.3, 0.4) is 0 Å². The first-order chi connectivity index (χ1) is 10.2. The van der Waals surface area contributed by atoms with Gasteiger partial charge in [-0.2, -0.15) is 0 Å². The lowest BCUT2D eigenvalue weighted by atomic mass is 9.85. The van der Waals surface area contributed by atoms with Crippen molar-refractivity contribution >= 4 is 5.91 Å². The number of nitrogens with one attached hydrogen (secondary N) is 2. The molecule has 4 nitrogen and oxygen atoms in total. The lowest BCUT2D eigenvalue weighted by Gasteiger charge is -2.32. The first kappa shape index (κ1) is 14.5. The molecule has 4 heteroatoms. The summed E-state index contributed by atoms with van der Waals surface area (Å²) in [5, 5.41) is 16.8. The van der Waals surface area contributed by atoms with Crippen molar-refractivity contribution in [2.24, 2.45) is 0 Å². The van der Waals surface area contributed by atoms with E-state index in [1.165, 1.54) is 12.0 Å². The van der Waals surface area contributed by atoms with Crippen molar-refractivity contribution in [1.82, 2.24) is 10.6 Å². The molecule has 1 aliphatic heterocycles. The average molecular weight is 288 g/mol. The van der Waals surface area contributed by atoms with Crippen LogP contribution in [0.4, 0.5) is 0 Å². The molecule has 2 aliphatic rings. The van der Waals surface area contributed by atoms with Crippen LogP contribution in [-0.2, 0) is 13.0 Å². The van der Waals surface area contributed by atoms with Gasteiger partial charge in [-0.3, -0.25) is 4.79 Å². The highest BCUT2D eigenvalue weighted by atomic mass is 16.3. The van der Waals surface area contributed by atoms with E-state index in [0.29, 0.717) is 6.54 Å². The van der Waals surface area contributed by atoms with Crippen molar-refractivity contribution in [2.75, 3.05) is 13.1 Å². The fourth-order valence-electron chi connectivity index (χ4n) is 3.47. The predicted octanol–water partition coefficient (Wildman–Crippen LogP) is 1.76. The Bertz CT molecular complexity index is 522. The van der Waals surface area contributed by atoms with Crippen LogP contribution < -0.4 is 10.6 Å². The molecular formula is C17H24N2O2. The van der Waals surface area contributed by atoms with E-state index in [-0.39, 0.29) is 5.91 Å². The number of amides is 1. The molecule has 1 aliphatic carbocycles. The van der Waals surface area contributed by atoms with Crippen molar-refractivity contribution in [2.45, 2.75) is 50.7 Å². The number of benzene rings is 1. The van der Waals surface area contributed by atoms with Gasteiger partial charge in [0.15, 0.2) is 0 Å². The Hall–Kier alpha value is -1.39. The summed E-state index contributed by atoms with van der Waals surface area (Å²) in [5.41, 5.74) is 2.44. The Morgan fingerprint density at radius 2 is 2.10 bits per heavy atom. The lowest BCUT2D eigenvalue weighted by Crippen LogP contribution is -2.44. The minimum Gasteiger partial charge on any atom is -0.388 e. The fraction of sp³-hybridized carbons (Fsp3) is 0.588. The second-order valence-corrected chi connectivity index (χ2v) is 6.34. The number of hydrogen-bond acceptors (Lipinski definition) is 3. The quantitative estimate of drug-likeness (QED) is 0.794. The Morgan fingerprint density at radius 1 is 1.29 bits per heavy atom. The van der Waals surface area contributed by atoms with Gasteiger partial charge in [-0.25, -0.2) is 0 Å². The molecule has 0 radical (unpaired) electrons. The summed E-state index contributed by atoms with van der Waals surface area (Å²) >= 11 is 0. The Balaban J connectivity index is 1.68. The molecule has 0 unspecified atom stereocenters.